The van der Waals surface area contributed by atoms with E-state index in [1.165, 1.54) is 19.1 Å². The Balaban J connectivity index is 1.60. The third kappa shape index (κ3) is 5.20. The molecule has 2 aliphatic rings. The van der Waals surface area contributed by atoms with E-state index in [2.05, 4.69) is 15.4 Å². The van der Waals surface area contributed by atoms with Crippen LogP contribution in [0.1, 0.15) is 48.2 Å². The van der Waals surface area contributed by atoms with Gasteiger partial charge in [-0.25, -0.2) is 4.79 Å². The van der Waals surface area contributed by atoms with E-state index >= 15 is 0 Å². The number of sulfonamides is 1. The molecule has 43 heavy (non-hydrogen) atoms. The van der Waals surface area contributed by atoms with Crippen LogP contribution in [0.3, 0.4) is 0 Å². The first-order chi connectivity index (χ1) is 20.2. The van der Waals surface area contributed by atoms with E-state index in [1.54, 1.807) is 31.2 Å². The molecule has 2 atom stereocenters. The molecule has 1 spiro atoms. The van der Waals surface area contributed by atoms with Crippen LogP contribution in [0.25, 0.3) is 0 Å². The van der Waals surface area contributed by atoms with Gasteiger partial charge in [-0.15, -0.1) is 17.1 Å². The summed E-state index contributed by atoms with van der Waals surface area (Å²) in [6, 6.07) is 14.8. The maximum Gasteiger partial charge on any atom is 0.573 e. The minimum Gasteiger partial charge on any atom is -0.406 e. The average Bonchev–Trinajstić information content (AvgIpc) is 3.17. The first-order valence-electron chi connectivity index (χ1n) is 13.6. The van der Waals surface area contributed by atoms with Gasteiger partial charge in [-0.3, -0.25) is 4.79 Å². The van der Waals surface area contributed by atoms with Crippen LogP contribution in [0.15, 0.2) is 71.6 Å². The van der Waals surface area contributed by atoms with Crippen molar-refractivity contribution in [3.8, 4) is 5.75 Å². The molecule has 5 rings (SSSR count). The number of nitrogens with one attached hydrogen (secondary N) is 2. The Morgan fingerprint density at radius 1 is 1.07 bits per heavy atom. The summed E-state index contributed by atoms with van der Waals surface area (Å²) in [6.45, 7) is 4.21. The van der Waals surface area contributed by atoms with E-state index in [-0.39, 0.29) is 17.1 Å². The molecule has 2 heterocycles. The van der Waals surface area contributed by atoms with Gasteiger partial charge >= 0.3 is 22.3 Å². The molecule has 1 fully saturated rings. The van der Waals surface area contributed by atoms with Crippen molar-refractivity contribution in [3.05, 3.63) is 88.4 Å². The number of rotatable bonds is 6. The van der Waals surface area contributed by atoms with Crippen molar-refractivity contribution < 1.29 is 35.9 Å². The fourth-order valence-electron chi connectivity index (χ4n) is 6.56. The summed E-state index contributed by atoms with van der Waals surface area (Å²) in [7, 11) is -4.57. The van der Waals surface area contributed by atoms with Gasteiger partial charge < -0.3 is 15.4 Å². The Morgan fingerprint density at radius 2 is 1.72 bits per heavy atom. The largest absolute Gasteiger partial charge is 0.573 e. The van der Waals surface area contributed by atoms with Crippen molar-refractivity contribution in [1.29, 1.82) is 0 Å². The summed E-state index contributed by atoms with van der Waals surface area (Å²) in [6.07, 6.45) is -3.94. The number of fused-ring (bicyclic) bond motifs is 2. The standard InChI is InChI=1S/C30H29ClF3N3O5S/c1-19-29(13-15-35-16-14-29)25-17-21(28(39)36-18-22-5-3-4-6-26(22)31)7-12-27(25)37(19,20(2)38)43(40,41)24-10-8-23(9-11-24)42-30(32,33)34/h3-12,17,19,35H,13-16,18H2,1-2H3/p+1. The summed E-state index contributed by atoms with van der Waals surface area (Å²) in [5.41, 5.74) is 1.05. The van der Waals surface area contributed by atoms with Gasteiger partial charge in [0.25, 0.3) is 5.91 Å². The van der Waals surface area contributed by atoms with Crippen LogP contribution in [0, 0.1) is 0 Å². The summed E-state index contributed by atoms with van der Waals surface area (Å²) in [5, 5.41) is 6.64. The maximum absolute atomic E-state index is 14.5. The highest BCUT2D eigenvalue weighted by atomic mass is 35.5. The number of nitrogens with zero attached hydrogens (tertiary/aromatic N) is 1. The number of hydrogen-bond donors (Lipinski definition) is 2. The molecule has 1 saturated heterocycles. The van der Waals surface area contributed by atoms with Crippen molar-refractivity contribution in [1.82, 2.24) is 14.5 Å². The Morgan fingerprint density at radius 3 is 2.33 bits per heavy atom. The highest BCUT2D eigenvalue weighted by molar-refractivity contribution is 7.91. The number of halogens is 4. The van der Waals surface area contributed by atoms with Gasteiger partial charge in [0.1, 0.15) is 16.7 Å². The number of ether oxygens (including phenoxy) is 1. The zero-order valence-corrected chi connectivity index (χ0v) is 24.9. The van der Waals surface area contributed by atoms with E-state index in [0.717, 1.165) is 29.8 Å². The lowest BCUT2D eigenvalue weighted by atomic mass is 9.70. The Kier molecular flexibility index (Phi) is 8.10. The van der Waals surface area contributed by atoms with Gasteiger partial charge in [0.15, 0.2) is 5.69 Å². The molecule has 0 saturated carbocycles. The maximum atomic E-state index is 14.5. The molecule has 228 valence electrons. The van der Waals surface area contributed by atoms with Crippen molar-refractivity contribution in [2.24, 2.45) is 0 Å². The van der Waals surface area contributed by atoms with E-state index in [9.17, 15) is 31.2 Å². The van der Waals surface area contributed by atoms with Crippen molar-refractivity contribution in [2.45, 2.75) is 55.9 Å². The molecule has 2 unspecified atom stereocenters. The molecule has 0 aromatic heterocycles. The molecular formula is C30H30ClF3N3O5S+. The smallest absolute Gasteiger partial charge is 0.406 e. The topological polar surface area (TPSA) is 102 Å². The Labute approximate surface area is 252 Å². The van der Waals surface area contributed by atoms with Gasteiger partial charge in [-0.1, -0.05) is 29.8 Å². The highest BCUT2D eigenvalue weighted by Crippen LogP contribution is 2.57. The number of quaternary nitrogens is 1. The fraction of sp³-hybridized carbons (Fsp3) is 0.333. The molecular weight excluding hydrogens is 607 g/mol. The number of amides is 2. The second-order valence-electron chi connectivity index (χ2n) is 10.8. The van der Waals surface area contributed by atoms with Crippen LogP contribution in [-0.2, 0) is 26.8 Å². The lowest BCUT2D eigenvalue weighted by Gasteiger charge is -2.41. The van der Waals surface area contributed by atoms with E-state index in [4.69, 9.17) is 11.6 Å². The van der Waals surface area contributed by atoms with Crippen LogP contribution in [-0.4, -0.2) is 45.7 Å². The van der Waals surface area contributed by atoms with Gasteiger partial charge in [0, 0.05) is 28.8 Å². The zero-order chi connectivity index (χ0) is 31.2. The monoisotopic (exact) mass is 636 g/mol. The molecule has 0 bridgehead atoms. The molecule has 13 heteroatoms. The molecule has 2 aliphatic heterocycles. The molecule has 2 N–H and O–H groups in total. The lowest BCUT2D eigenvalue weighted by molar-refractivity contribution is -0.274. The van der Waals surface area contributed by atoms with Crippen LogP contribution in [0.2, 0.25) is 5.02 Å². The van der Waals surface area contributed by atoms with Gasteiger partial charge in [-0.2, -0.15) is 8.42 Å². The number of piperidine rings is 1. The predicted octanol–water partition coefficient (Wildman–Crippen LogP) is 5.43. The second-order valence-corrected chi connectivity index (χ2v) is 13.2. The molecule has 0 radical (unpaired) electrons. The van der Waals surface area contributed by atoms with Gasteiger partial charge in [0.05, 0.1) is 12.3 Å². The number of alkyl halides is 3. The SMILES string of the molecule is CC(=O)[N+]1(S(=O)(=O)c2ccc(OC(F)(F)F)cc2)c2ccc(C(=O)NCc3ccccc3Cl)cc2C2(CCNCC2)C1C. The zero-order valence-electron chi connectivity index (χ0n) is 23.4. The number of carbonyl (C=O) groups excluding carboxylic acids is 2. The molecule has 0 aliphatic carbocycles. The van der Waals surface area contributed by atoms with Gasteiger partial charge in [0.2, 0.25) is 0 Å². The third-order valence-corrected chi connectivity index (χ3v) is 11.4. The van der Waals surface area contributed by atoms with E-state index < -0.39 is 49.3 Å². The summed E-state index contributed by atoms with van der Waals surface area (Å²) in [4.78, 5) is 26.6. The van der Waals surface area contributed by atoms with Gasteiger partial charge in [-0.05, 0) is 80.9 Å². The number of benzene rings is 3. The normalized spacial score (nSPS) is 21.3. The van der Waals surface area contributed by atoms with Crippen LogP contribution in [0.4, 0.5) is 18.9 Å². The summed E-state index contributed by atoms with van der Waals surface area (Å²) < 4.78 is 70.0. The molecule has 2 amide bonds. The fourth-order valence-corrected chi connectivity index (χ4v) is 8.95. The lowest BCUT2D eigenvalue weighted by Crippen LogP contribution is -2.65. The van der Waals surface area contributed by atoms with Crippen LogP contribution >= 0.6 is 11.6 Å². The minimum atomic E-state index is -4.95. The summed E-state index contributed by atoms with van der Waals surface area (Å²) >= 11 is 6.23. The molecule has 3 aromatic carbocycles. The quantitative estimate of drug-likeness (QED) is 0.350. The number of carbonyl (C=O) groups is 2. The van der Waals surface area contributed by atoms with E-state index in [0.29, 0.717) is 42.1 Å². The minimum absolute atomic E-state index is 0.178. The highest BCUT2D eigenvalue weighted by Gasteiger charge is 2.68. The average molecular weight is 637 g/mol. The summed E-state index contributed by atoms with van der Waals surface area (Å²) in [5.74, 6) is -1.65. The number of hydrogen-bond acceptors (Lipinski definition) is 6. The first-order valence-corrected chi connectivity index (χ1v) is 15.4. The third-order valence-electron chi connectivity index (χ3n) is 8.59. The second kappa shape index (κ2) is 11.2. The first kappa shape index (κ1) is 31.0. The Hall–Kier alpha value is -3.45. The van der Waals surface area contributed by atoms with Crippen LogP contribution in [0.5, 0.6) is 5.75 Å². The Bertz CT molecular complexity index is 1670. The predicted molar refractivity (Wildman–Crippen MR) is 155 cm³/mol. The van der Waals surface area contributed by atoms with Crippen molar-refractivity contribution in [2.75, 3.05) is 13.1 Å². The van der Waals surface area contributed by atoms with Crippen molar-refractivity contribution >= 4 is 39.1 Å². The van der Waals surface area contributed by atoms with E-state index in [1.807, 2.05) is 6.07 Å². The van der Waals surface area contributed by atoms with Crippen molar-refractivity contribution in [3.63, 3.8) is 0 Å². The molecule has 3 aromatic rings. The molecule has 8 nitrogen and oxygen atoms in total. The van der Waals surface area contributed by atoms with Crippen LogP contribution < -0.4 is 19.3 Å².